The van der Waals surface area contributed by atoms with Gasteiger partial charge in [0.1, 0.15) is 0 Å². The summed E-state index contributed by atoms with van der Waals surface area (Å²) in [5.41, 5.74) is 4.87. The van der Waals surface area contributed by atoms with Crippen LogP contribution in [0.3, 0.4) is 0 Å². The van der Waals surface area contributed by atoms with Crippen molar-refractivity contribution < 1.29 is 0 Å². The predicted molar refractivity (Wildman–Crippen MR) is 103 cm³/mol. The maximum Gasteiger partial charge on any atom is 0.0729 e. The molecule has 0 spiro atoms. The third kappa shape index (κ3) is 4.00. The van der Waals surface area contributed by atoms with Gasteiger partial charge in [0.25, 0.3) is 0 Å². The maximum absolute atomic E-state index is 4.59. The number of hydrogen-bond acceptors (Lipinski definition) is 2. The molecule has 2 rings (SSSR count). The van der Waals surface area contributed by atoms with Crippen LogP contribution in [0.1, 0.15) is 42.0 Å². The van der Waals surface area contributed by atoms with Gasteiger partial charge in [-0.25, -0.2) is 0 Å². The highest BCUT2D eigenvalue weighted by Gasteiger charge is 2.09. The van der Waals surface area contributed by atoms with Crippen LogP contribution in [0.25, 0.3) is 0 Å². The number of rotatable bonds is 6. The van der Waals surface area contributed by atoms with E-state index in [-0.39, 0.29) is 0 Å². The summed E-state index contributed by atoms with van der Waals surface area (Å²) in [6.07, 6.45) is 3.56. The monoisotopic (exact) mass is 512 g/mol. The van der Waals surface area contributed by atoms with Crippen molar-refractivity contribution in [3.8, 4) is 0 Å². The van der Waals surface area contributed by atoms with Crippen molar-refractivity contribution in [1.29, 1.82) is 0 Å². The second-order valence-electron chi connectivity index (χ2n) is 5.48. The number of aryl methyl sites for hydroxylation is 4. The Morgan fingerprint density at radius 3 is 1.38 bits per heavy atom. The van der Waals surface area contributed by atoms with Crippen LogP contribution in [0.4, 0.5) is 0 Å². The first-order valence-electron chi connectivity index (χ1n) is 7.30. The molecule has 21 heavy (non-hydrogen) atoms. The summed E-state index contributed by atoms with van der Waals surface area (Å²) in [5, 5.41) is 9.17. The van der Waals surface area contributed by atoms with Gasteiger partial charge in [-0.2, -0.15) is 10.2 Å². The fraction of sp³-hybridized carbons (Fsp3) is 0.600. The molecule has 4 nitrogen and oxygen atoms in total. The van der Waals surface area contributed by atoms with Gasteiger partial charge >= 0.3 is 0 Å². The van der Waals surface area contributed by atoms with E-state index in [1.165, 1.54) is 37.8 Å². The largest absolute Gasteiger partial charge is 0.269 e. The zero-order valence-corrected chi connectivity index (χ0v) is 17.4. The van der Waals surface area contributed by atoms with E-state index >= 15 is 0 Å². The predicted octanol–water partition coefficient (Wildman–Crippen LogP) is 4.39. The molecule has 0 saturated carbocycles. The van der Waals surface area contributed by atoms with Gasteiger partial charge in [-0.1, -0.05) is 0 Å². The van der Waals surface area contributed by atoms with Crippen molar-refractivity contribution in [1.82, 2.24) is 19.6 Å². The van der Waals surface area contributed by atoms with E-state index in [0.29, 0.717) is 0 Å². The lowest BCUT2D eigenvalue weighted by atomic mass is 10.2. The van der Waals surface area contributed by atoms with Crippen LogP contribution >= 0.6 is 45.2 Å². The number of nitrogens with zero attached hydrogens (tertiary/aromatic N) is 4. The summed E-state index contributed by atoms with van der Waals surface area (Å²) in [4.78, 5) is 0. The number of halogens is 2. The van der Waals surface area contributed by atoms with E-state index in [4.69, 9.17) is 0 Å². The molecule has 0 amide bonds. The maximum atomic E-state index is 4.59. The molecular formula is C15H22I2N4. The van der Waals surface area contributed by atoms with Crippen LogP contribution in [0, 0.1) is 34.8 Å². The third-order valence-electron chi connectivity index (χ3n) is 3.83. The van der Waals surface area contributed by atoms with Crippen LogP contribution in [0.15, 0.2) is 0 Å². The van der Waals surface area contributed by atoms with E-state index in [0.717, 1.165) is 24.5 Å². The van der Waals surface area contributed by atoms with Crippen LogP contribution in [-0.2, 0) is 13.1 Å². The fourth-order valence-electron chi connectivity index (χ4n) is 2.49. The minimum Gasteiger partial charge on any atom is -0.269 e. The van der Waals surface area contributed by atoms with Gasteiger partial charge < -0.3 is 0 Å². The highest BCUT2D eigenvalue weighted by atomic mass is 127. The minimum atomic E-state index is 1.02. The van der Waals surface area contributed by atoms with Crippen molar-refractivity contribution in [2.45, 2.75) is 60.0 Å². The van der Waals surface area contributed by atoms with Crippen LogP contribution in [0.2, 0.25) is 0 Å². The molecule has 0 saturated heterocycles. The first-order chi connectivity index (χ1) is 9.91. The van der Waals surface area contributed by atoms with E-state index in [2.05, 4.69) is 92.4 Å². The summed E-state index contributed by atoms with van der Waals surface area (Å²) in [7, 11) is 0. The van der Waals surface area contributed by atoms with Crippen molar-refractivity contribution in [2.75, 3.05) is 0 Å². The van der Waals surface area contributed by atoms with Crippen molar-refractivity contribution in [3.05, 3.63) is 29.9 Å². The van der Waals surface area contributed by atoms with Gasteiger partial charge in [0, 0.05) is 24.5 Å². The Hall–Kier alpha value is -0.120. The van der Waals surface area contributed by atoms with Gasteiger partial charge in [0.05, 0.1) is 18.5 Å². The van der Waals surface area contributed by atoms with Crippen molar-refractivity contribution in [2.24, 2.45) is 0 Å². The van der Waals surface area contributed by atoms with Crippen LogP contribution < -0.4 is 0 Å². The average Bonchev–Trinajstić information content (AvgIpc) is 2.84. The highest BCUT2D eigenvalue weighted by molar-refractivity contribution is 14.1. The van der Waals surface area contributed by atoms with E-state index in [1.54, 1.807) is 0 Å². The standard InChI is InChI=1S/C15H22I2N4/c1-10-14(16)12(3)20(18-10)8-6-5-7-9-21-13(4)15(17)11(2)19-21/h5-9H2,1-4H3. The number of aromatic nitrogens is 4. The molecule has 6 heteroatoms. The molecule has 2 heterocycles. The number of hydrogen-bond donors (Lipinski definition) is 0. The zero-order valence-electron chi connectivity index (χ0n) is 13.1. The lowest BCUT2D eigenvalue weighted by Gasteiger charge is -2.06. The fourth-order valence-corrected chi connectivity index (χ4v) is 3.26. The summed E-state index contributed by atoms with van der Waals surface area (Å²) in [6.45, 7) is 10.5. The molecule has 0 aliphatic rings. The van der Waals surface area contributed by atoms with E-state index < -0.39 is 0 Å². The highest BCUT2D eigenvalue weighted by Crippen LogP contribution is 2.17. The average molecular weight is 512 g/mol. The Bertz CT molecular complexity index is 574. The molecule has 0 fully saturated rings. The van der Waals surface area contributed by atoms with E-state index in [1.807, 2.05) is 0 Å². The molecule has 2 aromatic heterocycles. The third-order valence-corrected chi connectivity index (χ3v) is 6.95. The quantitative estimate of drug-likeness (QED) is 0.426. The molecule has 0 unspecified atom stereocenters. The summed E-state index contributed by atoms with van der Waals surface area (Å²) < 4.78 is 6.88. The molecule has 0 aromatic carbocycles. The van der Waals surface area contributed by atoms with Crippen LogP contribution in [0.5, 0.6) is 0 Å². The normalized spacial score (nSPS) is 11.3. The minimum absolute atomic E-state index is 1.02. The Labute approximate surface area is 154 Å². The van der Waals surface area contributed by atoms with Crippen molar-refractivity contribution >= 4 is 45.2 Å². The first-order valence-corrected chi connectivity index (χ1v) is 9.46. The molecule has 0 radical (unpaired) electrons. The second kappa shape index (κ2) is 7.43. The molecule has 0 aliphatic heterocycles. The molecule has 0 aliphatic carbocycles. The molecule has 2 aromatic rings. The summed E-state index contributed by atoms with van der Waals surface area (Å²) >= 11 is 4.76. The molecule has 0 atom stereocenters. The van der Waals surface area contributed by atoms with Crippen LogP contribution in [-0.4, -0.2) is 19.6 Å². The Morgan fingerprint density at radius 2 is 1.10 bits per heavy atom. The first kappa shape index (κ1) is 17.2. The molecule has 116 valence electrons. The Kier molecular flexibility index (Phi) is 6.10. The Morgan fingerprint density at radius 1 is 0.714 bits per heavy atom. The molecule has 0 bridgehead atoms. The lowest BCUT2D eigenvalue weighted by Crippen LogP contribution is -2.05. The van der Waals surface area contributed by atoms with Gasteiger partial charge in [0.2, 0.25) is 0 Å². The van der Waals surface area contributed by atoms with Gasteiger partial charge in [0.15, 0.2) is 0 Å². The van der Waals surface area contributed by atoms with Gasteiger partial charge in [-0.05, 0) is 92.1 Å². The smallest absolute Gasteiger partial charge is 0.0729 e. The Balaban J connectivity index is 1.77. The number of unbranched alkanes of at least 4 members (excludes halogenated alkanes) is 2. The summed E-state index contributed by atoms with van der Waals surface area (Å²) in [5.74, 6) is 0. The SMILES string of the molecule is Cc1nn(CCCCCn2nc(C)c(I)c2C)c(C)c1I. The summed E-state index contributed by atoms with van der Waals surface area (Å²) in [6, 6.07) is 0. The zero-order chi connectivity index (χ0) is 15.6. The molecule has 0 N–H and O–H groups in total. The van der Waals surface area contributed by atoms with Gasteiger partial charge in [-0.3, -0.25) is 9.36 Å². The second-order valence-corrected chi connectivity index (χ2v) is 7.63. The topological polar surface area (TPSA) is 35.6 Å². The van der Waals surface area contributed by atoms with Crippen molar-refractivity contribution in [3.63, 3.8) is 0 Å². The lowest BCUT2D eigenvalue weighted by molar-refractivity contribution is 0.490. The molecular weight excluding hydrogens is 490 g/mol. The van der Waals surface area contributed by atoms with E-state index in [9.17, 15) is 0 Å². The van der Waals surface area contributed by atoms with Gasteiger partial charge in [-0.15, -0.1) is 0 Å².